The Bertz CT molecular complexity index is 572. The van der Waals surface area contributed by atoms with E-state index >= 15 is 0 Å². The molecule has 6 heteroatoms. The van der Waals surface area contributed by atoms with Crippen LogP contribution in [0.2, 0.25) is 0 Å². The monoisotopic (exact) mass is 250 g/mol. The lowest BCUT2D eigenvalue weighted by atomic mass is 10.3. The van der Waals surface area contributed by atoms with Crippen molar-refractivity contribution in [1.29, 1.82) is 0 Å². The maximum Gasteiger partial charge on any atom is 0.182 e. The van der Waals surface area contributed by atoms with Gasteiger partial charge in [0.1, 0.15) is 17.5 Å². The van der Waals surface area contributed by atoms with Gasteiger partial charge in [-0.15, -0.1) is 0 Å². The van der Waals surface area contributed by atoms with Crippen LogP contribution in [0.25, 0.3) is 0 Å². The third-order valence-corrected chi connectivity index (χ3v) is 2.31. The van der Waals surface area contributed by atoms with Crippen molar-refractivity contribution in [1.82, 2.24) is 9.97 Å². The van der Waals surface area contributed by atoms with Crippen molar-refractivity contribution >= 4 is 17.3 Å². The van der Waals surface area contributed by atoms with E-state index in [1.54, 1.807) is 20.0 Å². The fourth-order valence-electron chi connectivity index (χ4n) is 1.50. The lowest BCUT2D eigenvalue weighted by Crippen LogP contribution is -2.02. The normalized spacial score (nSPS) is 10.2. The minimum Gasteiger partial charge on any atom is -0.373 e. The zero-order chi connectivity index (χ0) is 13.1. The zero-order valence-corrected chi connectivity index (χ0v) is 9.96. The van der Waals surface area contributed by atoms with Gasteiger partial charge in [0.15, 0.2) is 11.6 Å². The molecule has 0 radical (unpaired) electrons. The lowest BCUT2D eigenvalue weighted by molar-refractivity contribution is 0.511. The Morgan fingerprint density at radius 1 is 1.11 bits per heavy atom. The van der Waals surface area contributed by atoms with Gasteiger partial charge in [-0.25, -0.2) is 18.7 Å². The first-order valence-corrected chi connectivity index (χ1v) is 5.34. The molecule has 0 atom stereocenters. The number of benzene rings is 1. The van der Waals surface area contributed by atoms with Crippen molar-refractivity contribution in [2.75, 3.05) is 17.7 Å². The van der Waals surface area contributed by atoms with E-state index in [4.69, 9.17) is 0 Å². The molecule has 0 aliphatic heterocycles. The van der Waals surface area contributed by atoms with Crippen LogP contribution in [0.4, 0.5) is 26.1 Å². The van der Waals surface area contributed by atoms with Crippen LogP contribution in [0.5, 0.6) is 0 Å². The topological polar surface area (TPSA) is 49.8 Å². The van der Waals surface area contributed by atoms with Gasteiger partial charge in [-0.05, 0) is 19.1 Å². The highest BCUT2D eigenvalue weighted by molar-refractivity contribution is 5.59. The number of anilines is 3. The third-order valence-electron chi connectivity index (χ3n) is 2.31. The summed E-state index contributed by atoms with van der Waals surface area (Å²) in [6.07, 6.45) is 0. The molecule has 0 fully saturated rings. The second kappa shape index (κ2) is 4.95. The van der Waals surface area contributed by atoms with Crippen LogP contribution in [-0.2, 0) is 0 Å². The summed E-state index contributed by atoms with van der Waals surface area (Å²) in [7, 11) is 1.72. The molecule has 4 nitrogen and oxygen atoms in total. The Kier molecular flexibility index (Phi) is 3.36. The minimum atomic E-state index is -0.931. The van der Waals surface area contributed by atoms with E-state index in [9.17, 15) is 8.78 Å². The Hall–Kier alpha value is -2.24. The SMILES string of the molecule is CNc1cc(Nc2cccc(F)c2F)nc(C)n1. The molecular formula is C12H12F2N4. The number of nitrogens with one attached hydrogen (secondary N) is 2. The van der Waals surface area contributed by atoms with Crippen LogP contribution in [0.3, 0.4) is 0 Å². The molecule has 0 aliphatic rings. The number of halogens is 2. The molecule has 0 bridgehead atoms. The van der Waals surface area contributed by atoms with E-state index in [0.29, 0.717) is 17.5 Å². The molecular weight excluding hydrogens is 238 g/mol. The first-order valence-electron chi connectivity index (χ1n) is 5.34. The summed E-state index contributed by atoms with van der Waals surface area (Å²) in [5.74, 6) is -0.307. The summed E-state index contributed by atoms with van der Waals surface area (Å²) >= 11 is 0. The van der Waals surface area contributed by atoms with Crippen molar-refractivity contribution < 1.29 is 8.78 Å². The number of hydrogen-bond acceptors (Lipinski definition) is 4. The Morgan fingerprint density at radius 3 is 2.56 bits per heavy atom. The predicted molar refractivity (Wildman–Crippen MR) is 66.0 cm³/mol. The molecule has 2 rings (SSSR count). The fourth-order valence-corrected chi connectivity index (χ4v) is 1.50. The first kappa shape index (κ1) is 12.2. The fraction of sp³-hybridized carbons (Fsp3) is 0.167. The second-order valence-corrected chi connectivity index (χ2v) is 3.66. The average molecular weight is 250 g/mol. The smallest absolute Gasteiger partial charge is 0.182 e. The molecule has 0 amide bonds. The summed E-state index contributed by atoms with van der Waals surface area (Å²) < 4.78 is 26.5. The zero-order valence-electron chi connectivity index (χ0n) is 9.96. The van der Waals surface area contributed by atoms with Crippen LogP contribution < -0.4 is 10.6 Å². The third kappa shape index (κ3) is 2.53. The van der Waals surface area contributed by atoms with Gasteiger partial charge in [0, 0.05) is 13.1 Å². The molecule has 1 aromatic heterocycles. The molecule has 0 saturated carbocycles. The highest BCUT2D eigenvalue weighted by atomic mass is 19.2. The average Bonchev–Trinajstić information content (AvgIpc) is 2.34. The van der Waals surface area contributed by atoms with E-state index in [1.807, 2.05) is 0 Å². The van der Waals surface area contributed by atoms with Crippen LogP contribution in [-0.4, -0.2) is 17.0 Å². The van der Waals surface area contributed by atoms with Crippen LogP contribution in [0, 0.1) is 18.6 Å². The van der Waals surface area contributed by atoms with E-state index in [-0.39, 0.29) is 5.69 Å². The van der Waals surface area contributed by atoms with Gasteiger partial charge in [0.2, 0.25) is 0 Å². The Balaban J connectivity index is 2.34. The van der Waals surface area contributed by atoms with E-state index in [0.717, 1.165) is 6.07 Å². The molecule has 2 aromatic rings. The molecule has 2 N–H and O–H groups in total. The van der Waals surface area contributed by atoms with E-state index in [1.165, 1.54) is 12.1 Å². The van der Waals surface area contributed by atoms with Crippen LogP contribution in [0.15, 0.2) is 24.3 Å². The van der Waals surface area contributed by atoms with Crippen molar-refractivity contribution in [3.63, 3.8) is 0 Å². The highest BCUT2D eigenvalue weighted by Gasteiger charge is 2.09. The predicted octanol–water partition coefficient (Wildman–Crippen LogP) is 2.85. The standard InChI is InChI=1S/C12H12F2N4/c1-7-16-10(15-2)6-11(17-7)18-9-5-3-4-8(13)12(9)14/h3-6H,1-2H3,(H2,15,16,17,18). The maximum absolute atomic E-state index is 13.5. The molecule has 0 spiro atoms. The number of rotatable bonds is 3. The van der Waals surface area contributed by atoms with E-state index < -0.39 is 11.6 Å². The minimum absolute atomic E-state index is 0.0372. The second-order valence-electron chi connectivity index (χ2n) is 3.66. The van der Waals surface area contributed by atoms with Gasteiger partial charge in [-0.2, -0.15) is 0 Å². The van der Waals surface area contributed by atoms with Gasteiger partial charge in [-0.1, -0.05) is 6.07 Å². The first-order chi connectivity index (χ1) is 8.60. The molecule has 0 aliphatic carbocycles. The largest absolute Gasteiger partial charge is 0.373 e. The lowest BCUT2D eigenvalue weighted by Gasteiger charge is -2.09. The van der Waals surface area contributed by atoms with Crippen LogP contribution >= 0.6 is 0 Å². The number of aromatic nitrogens is 2. The maximum atomic E-state index is 13.5. The van der Waals surface area contributed by atoms with Crippen molar-refractivity contribution in [3.8, 4) is 0 Å². The molecule has 1 heterocycles. The summed E-state index contributed by atoms with van der Waals surface area (Å²) in [5.41, 5.74) is 0.0372. The van der Waals surface area contributed by atoms with Gasteiger partial charge in [0.05, 0.1) is 5.69 Å². The molecule has 1 aromatic carbocycles. The molecule has 18 heavy (non-hydrogen) atoms. The van der Waals surface area contributed by atoms with Crippen LogP contribution in [0.1, 0.15) is 5.82 Å². The molecule has 94 valence electrons. The van der Waals surface area contributed by atoms with Crippen molar-refractivity contribution in [3.05, 3.63) is 41.7 Å². The van der Waals surface area contributed by atoms with Gasteiger partial charge in [-0.3, -0.25) is 0 Å². The highest BCUT2D eigenvalue weighted by Crippen LogP contribution is 2.21. The number of aryl methyl sites for hydroxylation is 1. The van der Waals surface area contributed by atoms with Gasteiger partial charge in [0.25, 0.3) is 0 Å². The Morgan fingerprint density at radius 2 is 1.83 bits per heavy atom. The number of hydrogen-bond donors (Lipinski definition) is 2. The molecule has 0 unspecified atom stereocenters. The van der Waals surface area contributed by atoms with E-state index in [2.05, 4.69) is 20.6 Å². The summed E-state index contributed by atoms with van der Waals surface area (Å²) in [5, 5.41) is 5.58. The molecule has 0 saturated heterocycles. The summed E-state index contributed by atoms with van der Waals surface area (Å²) in [4.78, 5) is 8.20. The van der Waals surface area contributed by atoms with Crippen molar-refractivity contribution in [2.24, 2.45) is 0 Å². The van der Waals surface area contributed by atoms with Crippen molar-refractivity contribution in [2.45, 2.75) is 6.92 Å². The van der Waals surface area contributed by atoms with Gasteiger partial charge < -0.3 is 10.6 Å². The Labute approximate surface area is 103 Å². The summed E-state index contributed by atoms with van der Waals surface area (Å²) in [6, 6.07) is 5.53. The number of nitrogens with zero attached hydrogens (tertiary/aromatic N) is 2. The van der Waals surface area contributed by atoms with Gasteiger partial charge >= 0.3 is 0 Å². The summed E-state index contributed by atoms with van der Waals surface area (Å²) in [6.45, 7) is 1.72. The quantitative estimate of drug-likeness (QED) is 0.879.